The van der Waals surface area contributed by atoms with E-state index in [4.69, 9.17) is 10.7 Å². The molecule has 24 heavy (non-hydrogen) atoms. The van der Waals surface area contributed by atoms with E-state index >= 15 is 0 Å². The topological polar surface area (TPSA) is 62.5 Å². The molecule has 0 bridgehead atoms. The second-order valence-corrected chi connectivity index (χ2v) is 7.58. The van der Waals surface area contributed by atoms with Crippen LogP contribution in [-0.2, 0) is 13.0 Å². The first kappa shape index (κ1) is 17.2. The van der Waals surface area contributed by atoms with Crippen molar-refractivity contribution in [3.63, 3.8) is 0 Å². The standard InChI is InChI=1S/C18H26N4OS/c1-5-21(6-2)18(23)16-15(19)13-9-12-10-22(11(3)4)8-7-14(12)20-17(13)24-16/h9,11H,5-8,10,19H2,1-4H3. The maximum absolute atomic E-state index is 12.7. The second kappa shape index (κ2) is 6.69. The molecule has 6 heteroatoms. The smallest absolute Gasteiger partial charge is 0.266 e. The van der Waals surface area contributed by atoms with Crippen LogP contribution in [0.15, 0.2) is 6.07 Å². The number of carbonyl (C=O) groups is 1. The number of hydrogen-bond donors (Lipinski definition) is 1. The predicted molar refractivity (Wildman–Crippen MR) is 101 cm³/mol. The highest BCUT2D eigenvalue weighted by molar-refractivity contribution is 7.21. The van der Waals surface area contributed by atoms with Gasteiger partial charge in [-0.15, -0.1) is 11.3 Å². The van der Waals surface area contributed by atoms with E-state index in [-0.39, 0.29) is 5.91 Å². The Morgan fingerprint density at radius 3 is 2.75 bits per heavy atom. The minimum Gasteiger partial charge on any atom is -0.397 e. The Hall–Kier alpha value is -1.66. The number of amides is 1. The lowest BCUT2D eigenvalue weighted by Crippen LogP contribution is -2.36. The number of nitrogens with zero attached hydrogens (tertiary/aromatic N) is 3. The van der Waals surface area contributed by atoms with E-state index in [1.165, 1.54) is 16.9 Å². The molecule has 5 nitrogen and oxygen atoms in total. The zero-order valence-corrected chi connectivity index (χ0v) is 15.7. The van der Waals surface area contributed by atoms with Crippen LogP contribution in [0.2, 0.25) is 0 Å². The lowest BCUT2D eigenvalue weighted by molar-refractivity contribution is 0.0779. The normalized spacial score (nSPS) is 15.0. The van der Waals surface area contributed by atoms with Crippen molar-refractivity contribution in [3.8, 4) is 0 Å². The van der Waals surface area contributed by atoms with Gasteiger partial charge in [0.15, 0.2) is 0 Å². The highest BCUT2D eigenvalue weighted by Crippen LogP contribution is 2.35. The van der Waals surface area contributed by atoms with Crippen LogP contribution in [0.25, 0.3) is 10.2 Å². The van der Waals surface area contributed by atoms with E-state index in [2.05, 4.69) is 24.8 Å². The summed E-state index contributed by atoms with van der Waals surface area (Å²) in [5.41, 5.74) is 9.31. The van der Waals surface area contributed by atoms with Crippen LogP contribution in [-0.4, -0.2) is 46.4 Å². The average Bonchev–Trinajstić information content (AvgIpc) is 2.89. The van der Waals surface area contributed by atoms with Crippen molar-refractivity contribution in [1.82, 2.24) is 14.8 Å². The number of hydrogen-bond acceptors (Lipinski definition) is 5. The van der Waals surface area contributed by atoms with Gasteiger partial charge in [-0.25, -0.2) is 4.98 Å². The summed E-state index contributed by atoms with van der Waals surface area (Å²) < 4.78 is 0. The van der Waals surface area contributed by atoms with Gasteiger partial charge < -0.3 is 10.6 Å². The monoisotopic (exact) mass is 346 g/mol. The van der Waals surface area contributed by atoms with Gasteiger partial charge in [0.1, 0.15) is 9.71 Å². The van der Waals surface area contributed by atoms with Crippen molar-refractivity contribution in [3.05, 3.63) is 22.2 Å². The summed E-state index contributed by atoms with van der Waals surface area (Å²) in [5.74, 6) is 0.0160. The Morgan fingerprint density at radius 1 is 1.42 bits per heavy atom. The van der Waals surface area contributed by atoms with E-state index in [1.54, 1.807) is 0 Å². The Bertz CT molecular complexity index is 764. The molecule has 0 saturated heterocycles. The second-order valence-electron chi connectivity index (χ2n) is 6.58. The first-order chi connectivity index (χ1) is 11.5. The average molecular weight is 347 g/mol. The molecule has 0 aliphatic carbocycles. The Kier molecular flexibility index (Phi) is 4.78. The molecule has 0 atom stereocenters. The number of nitrogens with two attached hydrogens (primary N) is 1. The molecule has 2 N–H and O–H groups in total. The number of thiophene rings is 1. The molecule has 0 saturated carbocycles. The van der Waals surface area contributed by atoms with Gasteiger partial charge in [-0.3, -0.25) is 9.69 Å². The molecule has 0 spiro atoms. The molecular weight excluding hydrogens is 320 g/mol. The molecule has 3 heterocycles. The molecule has 0 unspecified atom stereocenters. The summed E-state index contributed by atoms with van der Waals surface area (Å²) >= 11 is 1.43. The number of anilines is 1. The molecule has 130 valence electrons. The number of rotatable bonds is 4. The van der Waals surface area contributed by atoms with Gasteiger partial charge in [0.25, 0.3) is 5.91 Å². The van der Waals surface area contributed by atoms with Crippen molar-refractivity contribution in [2.24, 2.45) is 0 Å². The van der Waals surface area contributed by atoms with E-state index < -0.39 is 0 Å². The Morgan fingerprint density at radius 2 is 2.12 bits per heavy atom. The maximum Gasteiger partial charge on any atom is 0.266 e. The van der Waals surface area contributed by atoms with Crippen LogP contribution in [0, 0.1) is 0 Å². The lowest BCUT2D eigenvalue weighted by Gasteiger charge is -2.31. The first-order valence-electron chi connectivity index (χ1n) is 8.70. The van der Waals surface area contributed by atoms with Crippen LogP contribution in [0.1, 0.15) is 48.6 Å². The summed E-state index contributed by atoms with van der Waals surface area (Å²) in [6.45, 7) is 11.7. The third-order valence-corrected chi connectivity index (χ3v) is 5.98. The van der Waals surface area contributed by atoms with Gasteiger partial charge in [-0.05, 0) is 39.3 Å². The number of carbonyl (C=O) groups excluding carboxylic acids is 1. The maximum atomic E-state index is 12.7. The van der Waals surface area contributed by atoms with Crippen molar-refractivity contribution < 1.29 is 4.79 Å². The number of pyridine rings is 1. The molecule has 3 rings (SSSR count). The third-order valence-electron chi connectivity index (χ3n) is 4.87. The number of nitrogen functional groups attached to an aromatic ring is 1. The molecular formula is C18H26N4OS. The van der Waals surface area contributed by atoms with Crippen LogP contribution in [0.3, 0.4) is 0 Å². The zero-order chi connectivity index (χ0) is 17.4. The summed E-state index contributed by atoms with van der Waals surface area (Å²) in [4.78, 5) is 23.3. The predicted octanol–water partition coefficient (Wildman–Crippen LogP) is 3.13. The van der Waals surface area contributed by atoms with E-state index in [0.29, 0.717) is 29.7 Å². The summed E-state index contributed by atoms with van der Waals surface area (Å²) in [5, 5.41) is 0.930. The fourth-order valence-corrected chi connectivity index (χ4v) is 4.34. The van der Waals surface area contributed by atoms with Gasteiger partial charge in [0.2, 0.25) is 0 Å². The van der Waals surface area contributed by atoms with Crippen LogP contribution in [0.5, 0.6) is 0 Å². The van der Waals surface area contributed by atoms with Gasteiger partial charge in [-0.1, -0.05) is 0 Å². The van der Waals surface area contributed by atoms with Crippen LogP contribution < -0.4 is 5.73 Å². The van der Waals surface area contributed by atoms with E-state index in [1.807, 2.05) is 18.7 Å². The SMILES string of the molecule is CCN(CC)C(=O)c1sc2nc3c(cc2c1N)CN(C(C)C)CC3. The lowest BCUT2D eigenvalue weighted by atomic mass is 10.0. The Labute approximate surface area is 147 Å². The van der Waals surface area contributed by atoms with Gasteiger partial charge in [0, 0.05) is 49.7 Å². The molecule has 1 aliphatic heterocycles. The molecule has 0 fully saturated rings. The third kappa shape index (κ3) is 2.89. The van der Waals surface area contributed by atoms with Crippen LogP contribution in [0.4, 0.5) is 5.69 Å². The molecule has 2 aromatic heterocycles. The summed E-state index contributed by atoms with van der Waals surface area (Å²) in [6.07, 6.45) is 0.959. The van der Waals surface area contributed by atoms with Gasteiger partial charge >= 0.3 is 0 Å². The fraction of sp³-hybridized carbons (Fsp3) is 0.556. The molecule has 2 aromatic rings. The van der Waals surface area contributed by atoms with Crippen molar-refractivity contribution >= 4 is 33.1 Å². The minimum atomic E-state index is 0.0160. The number of aromatic nitrogens is 1. The molecule has 1 amide bonds. The van der Waals surface area contributed by atoms with Crippen LogP contribution >= 0.6 is 11.3 Å². The molecule has 0 radical (unpaired) electrons. The summed E-state index contributed by atoms with van der Waals surface area (Å²) in [7, 11) is 0. The summed E-state index contributed by atoms with van der Waals surface area (Å²) in [6, 6.07) is 2.67. The quantitative estimate of drug-likeness (QED) is 0.924. The largest absolute Gasteiger partial charge is 0.397 e. The Balaban J connectivity index is 2.02. The minimum absolute atomic E-state index is 0.0160. The number of fused-ring (bicyclic) bond motifs is 2. The van der Waals surface area contributed by atoms with Crippen molar-refractivity contribution in [1.29, 1.82) is 0 Å². The van der Waals surface area contributed by atoms with Gasteiger partial charge in [-0.2, -0.15) is 0 Å². The van der Waals surface area contributed by atoms with Crippen molar-refractivity contribution in [2.45, 2.75) is 46.7 Å². The highest BCUT2D eigenvalue weighted by Gasteiger charge is 2.24. The molecule has 0 aromatic carbocycles. The van der Waals surface area contributed by atoms with E-state index in [0.717, 1.165) is 35.4 Å². The van der Waals surface area contributed by atoms with Gasteiger partial charge in [0.05, 0.1) is 5.69 Å². The fourth-order valence-electron chi connectivity index (χ4n) is 3.27. The zero-order valence-electron chi connectivity index (χ0n) is 14.9. The highest BCUT2D eigenvalue weighted by atomic mass is 32.1. The van der Waals surface area contributed by atoms with Crippen molar-refractivity contribution in [2.75, 3.05) is 25.4 Å². The van der Waals surface area contributed by atoms with E-state index in [9.17, 15) is 4.79 Å². The first-order valence-corrected chi connectivity index (χ1v) is 9.51. The molecule has 1 aliphatic rings.